The van der Waals surface area contributed by atoms with Crippen LogP contribution < -0.4 is 5.56 Å². The Morgan fingerprint density at radius 3 is 2.67 bits per heavy atom. The van der Waals surface area contributed by atoms with E-state index in [-0.39, 0.29) is 18.0 Å². The second-order valence-corrected chi connectivity index (χ2v) is 9.26. The minimum atomic E-state index is -0.207. The number of nitrogens with zero attached hydrogens (tertiary/aromatic N) is 4. The molecule has 3 heterocycles. The first-order valence-corrected chi connectivity index (χ1v) is 12.6. The summed E-state index contributed by atoms with van der Waals surface area (Å²) in [7, 11) is 0. The van der Waals surface area contributed by atoms with Gasteiger partial charge in [0.1, 0.15) is 11.5 Å². The third-order valence-electron chi connectivity index (χ3n) is 5.83. The van der Waals surface area contributed by atoms with Crippen LogP contribution in [0.4, 0.5) is 0 Å². The number of aromatic amines is 1. The van der Waals surface area contributed by atoms with Crippen molar-refractivity contribution in [3.8, 4) is 10.6 Å². The van der Waals surface area contributed by atoms with Crippen molar-refractivity contribution >= 4 is 34.2 Å². The smallest absolute Gasteiger partial charge is 0.258 e. The molecule has 1 N–H and O–H groups in total. The van der Waals surface area contributed by atoms with Crippen molar-refractivity contribution in [3.63, 3.8) is 0 Å². The average molecular weight is 496 g/mol. The van der Waals surface area contributed by atoms with Gasteiger partial charge in [0.05, 0.1) is 28.9 Å². The van der Waals surface area contributed by atoms with Crippen LogP contribution in [-0.2, 0) is 17.9 Å². The molecular weight excluding hydrogens is 470 g/mol. The Kier molecular flexibility index (Phi) is 6.86. The number of carbonyl (C=O) groups excluding carboxylic acids is 1. The van der Waals surface area contributed by atoms with Crippen LogP contribution >= 0.6 is 11.3 Å². The summed E-state index contributed by atoms with van der Waals surface area (Å²) in [6.45, 7) is 3.23. The highest BCUT2D eigenvalue weighted by Gasteiger charge is 2.14. The summed E-state index contributed by atoms with van der Waals surface area (Å²) in [5.41, 5.74) is 3.27. The number of carbonyl (C=O) groups is 1. The number of thiophene rings is 1. The van der Waals surface area contributed by atoms with Gasteiger partial charge in [-0.2, -0.15) is 5.10 Å². The predicted octanol–water partition coefficient (Wildman–Crippen LogP) is 4.96. The van der Waals surface area contributed by atoms with Gasteiger partial charge in [0.25, 0.3) is 5.56 Å². The Bertz CT molecular complexity index is 1570. The lowest BCUT2D eigenvalue weighted by molar-refractivity contribution is -0.126. The monoisotopic (exact) mass is 495 g/mol. The molecule has 0 atom stereocenters. The summed E-state index contributed by atoms with van der Waals surface area (Å²) in [5.74, 6) is 0.290. The molecular formula is C28H25N5O2S. The number of para-hydroxylation sites is 1. The van der Waals surface area contributed by atoms with E-state index >= 15 is 0 Å². The van der Waals surface area contributed by atoms with Crippen LogP contribution in [0.25, 0.3) is 27.6 Å². The lowest BCUT2D eigenvalue weighted by Gasteiger charge is -2.18. The largest absolute Gasteiger partial charge is 0.332 e. The normalized spacial score (nSPS) is 11.4. The molecule has 8 heteroatoms. The molecule has 0 aliphatic heterocycles. The average Bonchev–Trinajstić information content (AvgIpc) is 3.56. The Labute approximate surface area is 212 Å². The molecule has 36 heavy (non-hydrogen) atoms. The number of fused-ring (bicyclic) bond motifs is 1. The van der Waals surface area contributed by atoms with E-state index in [1.54, 1.807) is 40.5 Å². The van der Waals surface area contributed by atoms with Crippen molar-refractivity contribution in [2.45, 2.75) is 20.0 Å². The van der Waals surface area contributed by atoms with Gasteiger partial charge in [0, 0.05) is 24.4 Å². The summed E-state index contributed by atoms with van der Waals surface area (Å²) in [4.78, 5) is 35.5. The molecule has 0 spiro atoms. The number of aromatic nitrogens is 4. The number of benzene rings is 2. The molecule has 0 aliphatic rings. The zero-order chi connectivity index (χ0) is 24.9. The molecule has 180 valence electrons. The first kappa shape index (κ1) is 23.4. The first-order valence-electron chi connectivity index (χ1n) is 11.7. The standard InChI is InChI=1S/C28H25N5O2S/c1-2-32(19-25-29-23-12-7-6-11-22(23)28(35)30-25)26(34)15-14-21-18-33(17-20-9-4-3-5-10-20)31-27(21)24-13-8-16-36-24/h3-16,18H,2,17,19H2,1H3,(H,29,30,35)/b15-14-. The summed E-state index contributed by atoms with van der Waals surface area (Å²) < 4.78 is 1.90. The second kappa shape index (κ2) is 10.5. The van der Waals surface area contributed by atoms with E-state index in [4.69, 9.17) is 5.10 Å². The van der Waals surface area contributed by atoms with Gasteiger partial charge in [-0.3, -0.25) is 14.3 Å². The van der Waals surface area contributed by atoms with Crippen LogP contribution in [0.1, 0.15) is 23.9 Å². The molecule has 0 saturated heterocycles. The van der Waals surface area contributed by atoms with Gasteiger partial charge in [-0.05, 0) is 42.1 Å². The lowest BCUT2D eigenvalue weighted by Crippen LogP contribution is -2.30. The number of amides is 1. The topological polar surface area (TPSA) is 83.9 Å². The highest BCUT2D eigenvalue weighted by molar-refractivity contribution is 7.13. The molecule has 0 radical (unpaired) electrons. The summed E-state index contributed by atoms with van der Waals surface area (Å²) in [5, 5.41) is 7.34. The molecule has 0 aliphatic carbocycles. The van der Waals surface area contributed by atoms with Gasteiger partial charge in [0.2, 0.25) is 5.91 Å². The molecule has 1 amide bonds. The summed E-state index contributed by atoms with van der Waals surface area (Å²) in [6, 6.07) is 21.3. The van der Waals surface area contributed by atoms with Gasteiger partial charge in [0.15, 0.2) is 0 Å². The van der Waals surface area contributed by atoms with E-state index in [1.807, 2.05) is 65.7 Å². The first-order chi connectivity index (χ1) is 17.6. The zero-order valence-corrected chi connectivity index (χ0v) is 20.6. The van der Waals surface area contributed by atoms with Crippen LogP contribution in [0, 0.1) is 0 Å². The number of rotatable bonds is 8. The third kappa shape index (κ3) is 5.18. The van der Waals surface area contributed by atoms with Crippen molar-refractivity contribution < 1.29 is 4.79 Å². The summed E-state index contributed by atoms with van der Waals surface area (Å²) in [6.07, 6.45) is 5.33. The molecule has 2 aromatic carbocycles. The molecule has 0 fully saturated rings. The third-order valence-corrected chi connectivity index (χ3v) is 6.71. The predicted molar refractivity (Wildman–Crippen MR) is 144 cm³/mol. The number of hydrogen-bond acceptors (Lipinski definition) is 5. The number of nitrogens with one attached hydrogen (secondary N) is 1. The van der Waals surface area contributed by atoms with Gasteiger partial charge < -0.3 is 9.88 Å². The van der Waals surface area contributed by atoms with E-state index in [2.05, 4.69) is 22.1 Å². The quantitative estimate of drug-likeness (QED) is 0.309. The van der Waals surface area contributed by atoms with Gasteiger partial charge >= 0.3 is 0 Å². The fourth-order valence-corrected chi connectivity index (χ4v) is 4.75. The van der Waals surface area contributed by atoms with E-state index in [0.29, 0.717) is 29.8 Å². The Balaban J connectivity index is 1.38. The van der Waals surface area contributed by atoms with Crippen LogP contribution in [0.5, 0.6) is 0 Å². The van der Waals surface area contributed by atoms with Gasteiger partial charge in [-0.1, -0.05) is 48.5 Å². The van der Waals surface area contributed by atoms with E-state index in [1.165, 1.54) is 0 Å². The van der Waals surface area contributed by atoms with Crippen molar-refractivity contribution in [1.29, 1.82) is 0 Å². The molecule has 5 aromatic rings. The Morgan fingerprint density at radius 1 is 1.08 bits per heavy atom. The van der Waals surface area contributed by atoms with Crippen molar-refractivity contribution in [1.82, 2.24) is 24.6 Å². The molecule has 0 saturated carbocycles. The fourth-order valence-electron chi connectivity index (χ4n) is 4.02. The van der Waals surface area contributed by atoms with Crippen LogP contribution in [0.2, 0.25) is 0 Å². The SMILES string of the molecule is CCN(Cc1nc2ccccc2c(=O)[nH]1)C(=O)/C=C\c1cn(Cc2ccccc2)nc1-c1cccs1. The Hall–Kier alpha value is -4.30. The number of likely N-dealkylation sites (N-methyl/N-ethyl adjacent to an activating group) is 1. The molecule has 0 unspecified atom stereocenters. The highest BCUT2D eigenvalue weighted by atomic mass is 32.1. The van der Waals surface area contributed by atoms with Crippen LogP contribution in [0.15, 0.2) is 89.2 Å². The minimum Gasteiger partial charge on any atom is -0.332 e. The number of H-pyrrole nitrogens is 1. The van der Waals surface area contributed by atoms with Crippen molar-refractivity contribution in [3.05, 3.63) is 112 Å². The minimum absolute atomic E-state index is 0.166. The van der Waals surface area contributed by atoms with Gasteiger partial charge in [-0.25, -0.2) is 4.98 Å². The van der Waals surface area contributed by atoms with E-state index < -0.39 is 0 Å². The molecule has 0 bridgehead atoms. The molecule has 7 nitrogen and oxygen atoms in total. The maximum Gasteiger partial charge on any atom is 0.258 e. The maximum atomic E-state index is 13.1. The molecule has 5 rings (SSSR count). The lowest BCUT2D eigenvalue weighted by atomic mass is 10.2. The Morgan fingerprint density at radius 2 is 1.89 bits per heavy atom. The van der Waals surface area contributed by atoms with Crippen LogP contribution in [-0.4, -0.2) is 37.1 Å². The zero-order valence-electron chi connectivity index (χ0n) is 19.8. The fraction of sp³-hybridized carbons (Fsp3) is 0.143. The summed E-state index contributed by atoms with van der Waals surface area (Å²) >= 11 is 1.61. The van der Waals surface area contributed by atoms with Crippen molar-refractivity contribution in [2.75, 3.05) is 6.54 Å². The van der Waals surface area contributed by atoms with E-state index in [0.717, 1.165) is 21.7 Å². The van der Waals surface area contributed by atoms with Gasteiger partial charge in [-0.15, -0.1) is 11.3 Å². The maximum absolute atomic E-state index is 13.1. The molecule has 3 aromatic heterocycles. The highest BCUT2D eigenvalue weighted by Crippen LogP contribution is 2.28. The van der Waals surface area contributed by atoms with Crippen LogP contribution in [0.3, 0.4) is 0 Å². The number of hydrogen-bond donors (Lipinski definition) is 1. The van der Waals surface area contributed by atoms with Crippen molar-refractivity contribution in [2.24, 2.45) is 0 Å². The van der Waals surface area contributed by atoms with E-state index in [9.17, 15) is 9.59 Å². The second-order valence-electron chi connectivity index (χ2n) is 8.31.